The van der Waals surface area contributed by atoms with Gasteiger partial charge in [0.25, 0.3) is 0 Å². The number of nitrogens with zero attached hydrogens (tertiary/aromatic N) is 4. The van der Waals surface area contributed by atoms with Crippen molar-refractivity contribution in [3.63, 3.8) is 0 Å². The third-order valence-electron chi connectivity index (χ3n) is 5.20. The van der Waals surface area contributed by atoms with E-state index in [4.69, 9.17) is 20.2 Å². The van der Waals surface area contributed by atoms with Gasteiger partial charge in [-0.05, 0) is 48.4 Å². The first-order valence-corrected chi connectivity index (χ1v) is 9.80. The van der Waals surface area contributed by atoms with E-state index in [0.717, 1.165) is 51.3 Å². The molecule has 4 rings (SSSR count). The molecule has 30 heavy (non-hydrogen) atoms. The van der Waals surface area contributed by atoms with E-state index in [2.05, 4.69) is 22.2 Å². The molecular weight excluding hydrogens is 378 g/mol. The van der Waals surface area contributed by atoms with Crippen LogP contribution >= 0.6 is 0 Å². The molecule has 154 valence electrons. The number of ether oxygens (including phenoxy) is 2. The number of hydrogen-bond acceptors (Lipinski definition) is 6. The van der Waals surface area contributed by atoms with Crippen molar-refractivity contribution in [1.82, 2.24) is 19.7 Å². The summed E-state index contributed by atoms with van der Waals surface area (Å²) in [5, 5.41) is 4.23. The van der Waals surface area contributed by atoms with Gasteiger partial charge in [-0.1, -0.05) is 6.07 Å². The van der Waals surface area contributed by atoms with E-state index in [0.29, 0.717) is 6.54 Å². The zero-order valence-corrected chi connectivity index (χ0v) is 17.4. The quantitative estimate of drug-likeness (QED) is 0.508. The molecule has 1 atom stereocenters. The third-order valence-corrected chi connectivity index (χ3v) is 5.20. The second-order valence-corrected chi connectivity index (χ2v) is 7.18. The summed E-state index contributed by atoms with van der Waals surface area (Å²) in [6.07, 6.45) is 6.29. The van der Waals surface area contributed by atoms with Gasteiger partial charge in [-0.2, -0.15) is 5.10 Å². The number of aryl methyl sites for hydroxylation is 1. The Kier molecular flexibility index (Phi) is 5.63. The molecule has 2 heterocycles. The molecule has 0 spiro atoms. The molecule has 0 aliphatic rings. The van der Waals surface area contributed by atoms with Crippen LogP contribution in [0.15, 0.2) is 55.0 Å². The molecule has 0 aliphatic carbocycles. The Hall–Kier alpha value is -3.45. The molecule has 2 N–H and O–H groups in total. The van der Waals surface area contributed by atoms with Crippen molar-refractivity contribution in [2.75, 3.05) is 20.8 Å². The molecule has 0 fully saturated rings. The van der Waals surface area contributed by atoms with E-state index in [1.54, 1.807) is 31.3 Å². The number of rotatable bonds is 7. The molecule has 7 nitrogen and oxygen atoms in total. The van der Waals surface area contributed by atoms with Gasteiger partial charge in [0.1, 0.15) is 11.5 Å². The number of hydrogen-bond donors (Lipinski definition) is 1. The molecule has 0 aliphatic heterocycles. The first kappa shape index (κ1) is 19.8. The van der Waals surface area contributed by atoms with Crippen molar-refractivity contribution in [3.8, 4) is 22.8 Å². The topological polar surface area (TPSA) is 88.1 Å². The highest BCUT2D eigenvalue weighted by molar-refractivity contribution is 5.78. The summed E-state index contributed by atoms with van der Waals surface area (Å²) in [6, 6.07) is 12.1. The van der Waals surface area contributed by atoms with Crippen LogP contribution < -0.4 is 15.2 Å². The van der Waals surface area contributed by atoms with Crippen LogP contribution in [0.3, 0.4) is 0 Å². The lowest BCUT2D eigenvalue weighted by Gasteiger charge is -2.19. The molecule has 2 aromatic heterocycles. The number of methoxy groups -OCH3 is 2. The molecular formula is C23H25N5O2. The smallest absolute Gasteiger partial charge is 0.122 e. The maximum absolute atomic E-state index is 5.96. The lowest BCUT2D eigenvalue weighted by Crippen LogP contribution is -2.09. The molecule has 7 heteroatoms. The van der Waals surface area contributed by atoms with Crippen LogP contribution in [-0.2, 0) is 7.05 Å². The van der Waals surface area contributed by atoms with Crippen LogP contribution in [0.2, 0.25) is 0 Å². The minimum absolute atomic E-state index is 0.0900. The Labute approximate surface area is 175 Å². The molecule has 0 saturated carbocycles. The van der Waals surface area contributed by atoms with Crippen LogP contribution in [0.1, 0.15) is 23.5 Å². The highest BCUT2D eigenvalue weighted by atomic mass is 16.5. The number of benzene rings is 2. The van der Waals surface area contributed by atoms with Crippen LogP contribution in [0.4, 0.5) is 0 Å². The van der Waals surface area contributed by atoms with Crippen LogP contribution in [-0.4, -0.2) is 40.5 Å². The molecule has 0 amide bonds. The minimum atomic E-state index is 0.0900. The van der Waals surface area contributed by atoms with Gasteiger partial charge in [0, 0.05) is 30.8 Å². The first-order valence-electron chi connectivity index (χ1n) is 9.80. The minimum Gasteiger partial charge on any atom is -0.497 e. The standard InChI is InChI=1S/C23H25N5O2/c1-28-14-17(12-26-28)23-13-25-21-5-4-15(10-22(21)27-23)20(6-7-24)16-8-18(29-2)11-19(9-16)30-3/h4-5,8-14,20H,6-7,24H2,1-3H3. The first-order chi connectivity index (χ1) is 14.6. The van der Waals surface area contributed by atoms with Crippen molar-refractivity contribution in [2.24, 2.45) is 12.8 Å². The molecule has 0 saturated heterocycles. The maximum Gasteiger partial charge on any atom is 0.122 e. The predicted molar refractivity (Wildman–Crippen MR) is 117 cm³/mol. The Bertz CT molecular complexity index is 1150. The van der Waals surface area contributed by atoms with Crippen LogP contribution in [0, 0.1) is 0 Å². The molecule has 1 unspecified atom stereocenters. The van der Waals surface area contributed by atoms with E-state index in [9.17, 15) is 0 Å². The fraction of sp³-hybridized carbons (Fsp3) is 0.261. The fourth-order valence-corrected chi connectivity index (χ4v) is 3.66. The monoisotopic (exact) mass is 403 g/mol. The second-order valence-electron chi connectivity index (χ2n) is 7.18. The highest BCUT2D eigenvalue weighted by Crippen LogP contribution is 2.34. The van der Waals surface area contributed by atoms with Gasteiger partial charge in [0.2, 0.25) is 0 Å². The summed E-state index contributed by atoms with van der Waals surface area (Å²) in [7, 11) is 5.19. The fourth-order valence-electron chi connectivity index (χ4n) is 3.66. The molecule has 0 bridgehead atoms. The van der Waals surface area contributed by atoms with E-state index in [1.807, 2.05) is 37.5 Å². The molecule has 2 aromatic carbocycles. The Balaban J connectivity index is 1.78. The lowest BCUT2D eigenvalue weighted by atomic mass is 9.88. The van der Waals surface area contributed by atoms with E-state index >= 15 is 0 Å². The van der Waals surface area contributed by atoms with Crippen molar-refractivity contribution < 1.29 is 9.47 Å². The zero-order chi connectivity index (χ0) is 21.1. The summed E-state index contributed by atoms with van der Waals surface area (Å²) in [4.78, 5) is 9.40. The van der Waals surface area contributed by atoms with Gasteiger partial charge >= 0.3 is 0 Å². The highest BCUT2D eigenvalue weighted by Gasteiger charge is 2.17. The second kappa shape index (κ2) is 8.51. The summed E-state index contributed by atoms with van der Waals surface area (Å²) in [6.45, 7) is 0.559. The summed E-state index contributed by atoms with van der Waals surface area (Å²) < 4.78 is 12.7. The van der Waals surface area contributed by atoms with Gasteiger partial charge < -0.3 is 15.2 Å². The predicted octanol–water partition coefficient (Wildman–Crippen LogP) is 3.53. The SMILES string of the molecule is COc1cc(OC)cc(C(CCN)c2ccc3ncc(-c4cnn(C)c4)nc3c2)c1. The summed E-state index contributed by atoms with van der Waals surface area (Å²) in [5.41, 5.74) is 11.6. The van der Waals surface area contributed by atoms with Gasteiger partial charge in [-0.25, -0.2) is 4.98 Å². The average molecular weight is 403 g/mol. The lowest BCUT2D eigenvalue weighted by molar-refractivity contribution is 0.393. The average Bonchev–Trinajstić information content (AvgIpc) is 3.22. The molecule has 0 radical (unpaired) electrons. The van der Waals surface area contributed by atoms with Gasteiger partial charge in [-0.15, -0.1) is 0 Å². The van der Waals surface area contributed by atoms with Crippen molar-refractivity contribution in [1.29, 1.82) is 0 Å². The number of fused-ring (bicyclic) bond motifs is 1. The van der Waals surface area contributed by atoms with Crippen LogP contribution in [0.25, 0.3) is 22.3 Å². The van der Waals surface area contributed by atoms with Crippen molar-refractivity contribution in [3.05, 3.63) is 66.1 Å². The number of aromatic nitrogens is 4. The van der Waals surface area contributed by atoms with Gasteiger partial charge in [0.15, 0.2) is 0 Å². The molecule has 4 aromatic rings. The summed E-state index contributed by atoms with van der Waals surface area (Å²) >= 11 is 0. The van der Waals surface area contributed by atoms with Gasteiger partial charge in [-0.3, -0.25) is 9.67 Å². The van der Waals surface area contributed by atoms with Crippen LogP contribution in [0.5, 0.6) is 11.5 Å². The Morgan fingerprint density at radius 1 is 0.967 bits per heavy atom. The van der Waals surface area contributed by atoms with Gasteiger partial charge in [0.05, 0.1) is 43.3 Å². The normalized spacial score (nSPS) is 12.1. The summed E-state index contributed by atoms with van der Waals surface area (Å²) in [5.74, 6) is 1.60. The van der Waals surface area contributed by atoms with Crippen molar-refractivity contribution in [2.45, 2.75) is 12.3 Å². The van der Waals surface area contributed by atoms with E-state index in [-0.39, 0.29) is 5.92 Å². The maximum atomic E-state index is 5.96. The van der Waals surface area contributed by atoms with Crippen molar-refractivity contribution >= 4 is 11.0 Å². The Morgan fingerprint density at radius 2 is 1.73 bits per heavy atom. The Morgan fingerprint density at radius 3 is 2.37 bits per heavy atom. The zero-order valence-electron chi connectivity index (χ0n) is 17.4. The van der Waals surface area contributed by atoms with E-state index in [1.165, 1.54) is 0 Å². The van der Waals surface area contributed by atoms with E-state index < -0.39 is 0 Å². The largest absolute Gasteiger partial charge is 0.497 e. The third kappa shape index (κ3) is 3.97. The number of nitrogens with two attached hydrogens (primary N) is 1.